The lowest BCUT2D eigenvalue weighted by Crippen LogP contribution is -2.28. The number of carbonyl (C=O) groups is 1. The summed E-state index contributed by atoms with van der Waals surface area (Å²) in [6.45, 7) is 5.18. The van der Waals surface area contributed by atoms with Gasteiger partial charge in [-0.1, -0.05) is 12.1 Å². The van der Waals surface area contributed by atoms with Gasteiger partial charge in [0.15, 0.2) is 6.29 Å². The highest BCUT2D eigenvalue weighted by molar-refractivity contribution is 6.31. The highest BCUT2D eigenvalue weighted by atomic mass is 16.7. The zero-order valence-corrected chi connectivity index (χ0v) is 18.0. The molecule has 0 bridgehead atoms. The average Bonchev–Trinajstić information content (AvgIpc) is 3.39. The molecule has 0 fully saturated rings. The van der Waals surface area contributed by atoms with Crippen LogP contribution >= 0.6 is 0 Å². The highest BCUT2D eigenvalue weighted by Crippen LogP contribution is 2.26. The first-order chi connectivity index (χ1) is 15.1. The van der Waals surface area contributed by atoms with Gasteiger partial charge < -0.3 is 28.7 Å². The Morgan fingerprint density at radius 1 is 1.19 bits per heavy atom. The van der Waals surface area contributed by atoms with Crippen molar-refractivity contribution in [3.8, 4) is 5.75 Å². The van der Waals surface area contributed by atoms with Crippen molar-refractivity contribution in [3.63, 3.8) is 0 Å². The van der Waals surface area contributed by atoms with Crippen molar-refractivity contribution in [2.75, 3.05) is 26.9 Å². The zero-order valence-electron chi connectivity index (χ0n) is 18.0. The van der Waals surface area contributed by atoms with Crippen LogP contribution in [0.15, 0.2) is 53.3 Å². The van der Waals surface area contributed by atoms with E-state index in [9.17, 15) is 9.90 Å². The largest absolute Gasteiger partial charge is 0.497 e. The molecule has 0 saturated heterocycles. The zero-order chi connectivity index (χ0) is 22.2. The average molecular weight is 428 g/mol. The van der Waals surface area contributed by atoms with Crippen LogP contribution in [0.2, 0.25) is 0 Å². The minimum absolute atomic E-state index is 0.295. The fourth-order valence-electron chi connectivity index (χ4n) is 3.36. The summed E-state index contributed by atoms with van der Waals surface area (Å²) in [6, 6.07) is 10.6. The number of benzene rings is 1. The Morgan fingerprint density at radius 3 is 2.65 bits per heavy atom. The summed E-state index contributed by atoms with van der Waals surface area (Å²) in [5, 5.41) is 14.5. The molecule has 2 heterocycles. The summed E-state index contributed by atoms with van der Waals surface area (Å²) < 4.78 is 17.9. The maximum atomic E-state index is 12.4. The van der Waals surface area contributed by atoms with Gasteiger partial charge in [-0.15, -0.1) is 0 Å². The van der Waals surface area contributed by atoms with E-state index in [-0.39, 0.29) is 6.04 Å². The lowest BCUT2D eigenvalue weighted by Gasteiger charge is -2.25. The molecule has 166 valence electrons. The van der Waals surface area contributed by atoms with E-state index >= 15 is 0 Å². The van der Waals surface area contributed by atoms with Gasteiger partial charge in [-0.05, 0) is 55.8 Å². The van der Waals surface area contributed by atoms with Crippen molar-refractivity contribution in [1.29, 1.82) is 0 Å². The monoisotopic (exact) mass is 428 g/mol. The number of aromatic nitrogens is 1. The smallest absolute Gasteiger partial charge is 0.368 e. The van der Waals surface area contributed by atoms with Gasteiger partial charge in [-0.2, -0.15) is 0 Å². The molecule has 8 nitrogen and oxygen atoms in total. The lowest BCUT2D eigenvalue weighted by atomic mass is 10.0. The fraction of sp³-hybridized carbons (Fsp3) is 0.391. The van der Waals surface area contributed by atoms with Crippen molar-refractivity contribution < 1.29 is 28.9 Å². The molecule has 0 spiro atoms. The van der Waals surface area contributed by atoms with Crippen LogP contribution in [0, 0.1) is 0 Å². The Labute approximate surface area is 181 Å². The van der Waals surface area contributed by atoms with Crippen LogP contribution in [0.3, 0.4) is 0 Å². The lowest BCUT2D eigenvalue weighted by molar-refractivity contribution is -0.139. The van der Waals surface area contributed by atoms with Crippen molar-refractivity contribution in [2.24, 2.45) is 5.16 Å². The summed E-state index contributed by atoms with van der Waals surface area (Å²) in [5.74, 6) is 0.179. The molecule has 1 aromatic carbocycles. The first-order valence-electron chi connectivity index (χ1n) is 10.3. The number of carbonyl (C=O) groups excluding carboxylic acids is 1. The van der Waals surface area contributed by atoms with Crippen LogP contribution in [0.5, 0.6) is 5.75 Å². The molecule has 2 unspecified atom stereocenters. The highest BCUT2D eigenvalue weighted by Gasteiger charge is 2.28. The second kappa shape index (κ2) is 10.9. The van der Waals surface area contributed by atoms with E-state index in [4.69, 9.17) is 19.0 Å². The van der Waals surface area contributed by atoms with Crippen molar-refractivity contribution in [1.82, 2.24) is 4.57 Å². The molecular formula is C23H28N2O6. The molecule has 8 heteroatoms. The Balaban J connectivity index is 1.83. The van der Waals surface area contributed by atoms with Crippen LogP contribution in [-0.2, 0) is 19.1 Å². The third-order valence-corrected chi connectivity index (χ3v) is 4.99. The molecule has 0 saturated carbocycles. The number of nitrogens with zero attached hydrogens (tertiary/aromatic N) is 2. The minimum Gasteiger partial charge on any atom is -0.497 e. The van der Waals surface area contributed by atoms with E-state index in [0.717, 1.165) is 11.3 Å². The summed E-state index contributed by atoms with van der Waals surface area (Å²) in [5.41, 5.74) is 2.25. The van der Waals surface area contributed by atoms with Crippen molar-refractivity contribution in [3.05, 3.63) is 59.4 Å². The van der Waals surface area contributed by atoms with E-state index in [1.165, 1.54) is 0 Å². The third-order valence-electron chi connectivity index (χ3n) is 4.99. The van der Waals surface area contributed by atoms with Crippen LogP contribution < -0.4 is 4.74 Å². The standard InChI is InChI=1S/C23H28N2O6/c1-4-20(23(27)30-14-13-29-5-2)25-12-6-7-17(25)15-19-21(24-31-22(19)26)16-8-10-18(28-3)11-9-16/h6-12,15,20,23,27H,4-5,13-14H2,1-3H3. The molecule has 0 radical (unpaired) electrons. The molecule has 0 aliphatic carbocycles. The van der Waals surface area contributed by atoms with Gasteiger partial charge >= 0.3 is 5.97 Å². The molecule has 0 amide bonds. The van der Waals surface area contributed by atoms with Crippen LogP contribution in [0.4, 0.5) is 0 Å². The van der Waals surface area contributed by atoms with Gasteiger partial charge in [0.1, 0.15) is 11.5 Å². The Kier molecular flexibility index (Phi) is 8.00. The summed E-state index contributed by atoms with van der Waals surface area (Å²) in [4.78, 5) is 17.3. The first-order valence-corrected chi connectivity index (χ1v) is 10.3. The quantitative estimate of drug-likeness (QED) is 0.256. The summed E-state index contributed by atoms with van der Waals surface area (Å²) in [7, 11) is 1.59. The molecule has 1 N–H and O–H groups in total. The van der Waals surface area contributed by atoms with Crippen LogP contribution in [-0.4, -0.2) is 54.6 Å². The second-order valence-electron chi connectivity index (χ2n) is 6.88. The number of oxime groups is 1. The first kappa shape index (κ1) is 22.7. The molecule has 1 aliphatic rings. The van der Waals surface area contributed by atoms with E-state index in [2.05, 4.69) is 5.16 Å². The topological polar surface area (TPSA) is 91.5 Å². The SMILES string of the molecule is CCOCCOC(O)C(CC)n1cccc1C=C1C(=O)ON=C1c1ccc(OC)cc1. The molecule has 1 aliphatic heterocycles. The molecule has 3 rings (SSSR count). The Hall–Kier alpha value is -2.94. The van der Waals surface area contributed by atoms with E-state index in [1.54, 1.807) is 25.3 Å². The van der Waals surface area contributed by atoms with Gasteiger partial charge in [-0.3, -0.25) is 0 Å². The fourth-order valence-corrected chi connectivity index (χ4v) is 3.36. The predicted octanol–water partition coefficient (Wildman–Crippen LogP) is 3.16. The molecular weight excluding hydrogens is 400 g/mol. The van der Waals surface area contributed by atoms with Crippen LogP contribution in [0.25, 0.3) is 6.08 Å². The van der Waals surface area contributed by atoms with Gasteiger partial charge in [-0.25, -0.2) is 4.79 Å². The number of hydrogen-bond donors (Lipinski definition) is 1. The molecule has 2 atom stereocenters. The molecule has 31 heavy (non-hydrogen) atoms. The van der Waals surface area contributed by atoms with Crippen LogP contribution in [0.1, 0.15) is 37.6 Å². The van der Waals surface area contributed by atoms with E-state index in [0.29, 0.717) is 43.3 Å². The van der Waals surface area contributed by atoms with Gasteiger partial charge in [0.05, 0.1) is 31.9 Å². The van der Waals surface area contributed by atoms with Crippen molar-refractivity contribution in [2.45, 2.75) is 32.6 Å². The van der Waals surface area contributed by atoms with E-state index < -0.39 is 12.3 Å². The van der Waals surface area contributed by atoms with Crippen molar-refractivity contribution >= 4 is 17.8 Å². The number of rotatable bonds is 11. The normalized spacial score (nSPS) is 16.8. The van der Waals surface area contributed by atoms with Gasteiger partial charge in [0.25, 0.3) is 0 Å². The minimum atomic E-state index is -1.01. The predicted molar refractivity (Wildman–Crippen MR) is 116 cm³/mol. The van der Waals surface area contributed by atoms with Gasteiger partial charge in [0.2, 0.25) is 0 Å². The van der Waals surface area contributed by atoms with E-state index in [1.807, 2.05) is 48.9 Å². The third kappa shape index (κ3) is 5.41. The number of methoxy groups -OCH3 is 1. The maximum Gasteiger partial charge on any atom is 0.368 e. The Bertz CT molecular complexity index is 932. The maximum absolute atomic E-state index is 12.4. The number of ether oxygens (including phenoxy) is 3. The Morgan fingerprint density at radius 2 is 1.97 bits per heavy atom. The number of aliphatic hydroxyl groups is 1. The molecule has 1 aromatic heterocycles. The molecule has 2 aromatic rings. The number of aliphatic hydroxyl groups excluding tert-OH is 1. The number of hydrogen-bond acceptors (Lipinski definition) is 7. The second-order valence-corrected chi connectivity index (χ2v) is 6.88. The van der Waals surface area contributed by atoms with Gasteiger partial charge in [0, 0.05) is 24.1 Å². The summed E-state index contributed by atoms with van der Waals surface area (Å²) >= 11 is 0. The summed E-state index contributed by atoms with van der Waals surface area (Å²) in [6.07, 6.45) is 3.18.